The minimum atomic E-state index is 0.260. The molecule has 1 N–H and O–H groups in total. The van der Waals surface area contributed by atoms with Crippen molar-refractivity contribution >= 4 is 17.4 Å². The van der Waals surface area contributed by atoms with Gasteiger partial charge in [0.2, 0.25) is 0 Å². The summed E-state index contributed by atoms with van der Waals surface area (Å²) in [5.74, 6) is 1.02. The fourth-order valence-corrected chi connectivity index (χ4v) is 4.13. The van der Waals surface area contributed by atoms with Crippen molar-refractivity contribution in [2.24, 2.45) is 0 Å². The van der Waals surface area contributed by atoms with Gasteiger partial charge in [0.15, 0.2) is 0 Å². The van der Waals surface area contributed by atoms with E-state index in [4.69, 9.17) is 0 Å². The Morgan fingerprint density at radius 3 is 2.15 bits per heavy atom. The lowest BCUT2D eigenvalue weighted by Gasteiger charge is -2.32. The zero-order valence-electron chi connectivity index (χ0n) is 13.9. The lowest BCUT2D eigenvalue weighted by atomic mass is 9.74. The standard InChI is InChI=1S/C18H29NS/c1-7-17(4,5)14-11-10-13(18(6,8-2)9-3)15-16(14)20-12-19-15/h10-11,19H,7-9,12H2,1-6H3. The predicted molar refractivity (Wildman–Crippen MR) is 92.0 cm³/mol. The van der Waals surface area contributed by atoms with Gasteiger partial charge in [-0.15, -0.1) is 11.8 Å². The summed E-state index contributed by atoms with van der Waals surface area (Å²) >= 11 is 1.98. The molecule has 0 radical (unpaired) electrons. The maximum Gasteiger partial charge on any atom is 0.0658 e. The van der Waals surface area contributed by atoms with E-state index in [9.17, 15) is 0 Å². The van der Waals surface area contributed by atoms with Gasteiger partial charge in [0, 0.05) is 4.90 Å². The first-order valence-corrected chi connectivity index (χ1v) is 8.92. The van der Waals surface area contributed by atoms with Crippen molar-refractivity contribution in [3.8, 4) is 0 Å². The number of hydrogen-bond donors (Lipinski definition) is 1. The second-order valence-corrected chi connectivity index (χ2v) is 7.82. The van der Waals surface area contributed by atoms with Crippen LogP contribution in [0.1, 0.15) is 71.9 Å². The van der Waals surface area contributed by atoms with Gasteiger partial charge in [-0.25, -0.2) is 0 Å². The highest BCUT2D eigenvalue weighted by Crippen LogP contribution is 2.48. The fraction of sp³-hybridized carbons (Fsp3) is 0.667. The largest absolute Gasteiger partial charge is 0.375 e. The summed E-state index contributed by atoms with van der Waals surface area (Å²) in [7, 11) is 0. The highest BCUT2D eigenvalue weighted by atomic mass is 32.2. The lowest BCUT2D eigenvalue weighted by molar-refractivity contribution is 0.438. The van der Waals surface area contributed by atoms with Crippen LogP contribution in [0.4, 0.5) is 5.69 Å². The number of anilines is 1. The number of rotatable bonds is 5. The summed E-state index contributed by atoms with van der Waals surface area (Å²) in [6.45, 7) is 14.0. The second-order valence-electron chi connectivity index (χ2n) is 6.84. The quantitative estimate of drug-likeness (QED) is 0.722. The molecule has 2 heteroatoms. The van der Waals surface area contributed by atoms with Crippen LogP contribution in [0.5, 0.6) is 0 Å². The molecule has 0 amide bonds. The van der Waals surface area contributed by atoms with Gasteiger partial charge in [-0.2, -0.15) is 0 Å². The summed E-state index contributed by atoms with van der Waals surface area (Å²) in [5.41, 5.74) is 4.99. The summed E-state index contributed by atoms with van der Waals surface area (Å²) in [4.78, 5) is 1.50. The first kappa shape index (κ1) is 15.8. The Morgan fingerprint density at radius 2 is 1.60 bits per heavy atom. The molecule has 20 heavy (non-hydrogen) atoms. The zero-order chi connectivity index (χ0) is 15.0. The lowest BCUT2D eigenvalue weighted by Crippen LogP contribution is -2.23. The average Bonchev–Trinajstić information content (AvgIpc) is 2.94. The fourth-order valence-electron chi connectivity index (χ4n) is 2.95. The first-order valence-electron chi connectivity index (χ1n) is 7.94. The molecule has 0 fully saturated rings. The van der Waals surface area contributed by atoms with Gasteiger partial charge in [-0.3, -0.25) is 0 Å². The van der Waals surface area contributed by atoms with Crippen molar-refractivity contribution in [2.45, 2.75) is 76.5 Å². The molecule has 1 nitrogen and oxygen atoms in total. The summed E-state index contributed by atoms with van der Waals surface area (Å²) < 4.78 is 0. The van der Waals surface area contributed by atoms with Crippen LogP contribution >= 0.6 is 11.8 Å². The van der Waals surface area contributed by atoms with Crippen LogP contribution in [-0.2, 0) is 10.8 Å². The van der Waals surface area contributed by atoms with E-state index in [0.717, 1.165) is 5.88 Å². The van der Waals surface area contributed by atoms with E-state index in [1.165, 1.54) is 41.0 Å². The van der Waals surface area contributed by atoms with E-state index >= 15 is 0 Å². The summed E-state index contributed by atoms with van der Waals surface area (Å²) in [6.07, 6.45) is 3.57. The molecule has 1 aromatic rings. The van der Waals surface area contributed by atoms with Crippen LogP contribution in [-0.4, -0.2) is 5.88 Å². The van der Waals surface area contributed by atoms with E-state index in [1.54, 1.807) is 0 Å². The molecule has 0 bridgehead atoms. The Kier molecular flexibility index (Phi) is 4.44. The van der Waals surface area contributed by atoms with Crippen molar-refractivity contribution in [2.75, 3.05) is 11.2 Å². The van der Waals surface area contributed by atoms with Gasteiger partial charge in [0.1, 0.15) is 0 Å². The van der Waals surface area contributed by atoms with E-state index in [1.807, 2.05) is 11.8 Å². The number of benzene rings is 1. The van der Waals surface area contributed by atoms with E-state index in [-0.39, 0.29) is 10.8 Å². The molecule has 0 spiro atoms. The molecule has 1 heterocycles. The topological polar surface area (TPSA) is 12.0 Å². The molecule has 0 aliphatic carbocycles. The molecule has 1 aliphatic heterocycles. The van der Waals surface area contributed by atoms with Crippen molar-refractivity contribution in [3.05, 3.63) is 23.3 Å². The van der Waals surface area contributed by atoms with Gasteiger partial charge in [-0.1, -0.05) is 53.7 Å². The Hall–Kier alpha value is -0.630. The van der Waals surface area contributed by atoms with Crippen LogP contribution in [0, 0.1) is 0 Å². The Balaban J connectivity index is 2.59. The van der Waals surface area contributed by atoms with Gasteiger partial charge in [0.05, 0.1) is 11.6 Å². The van der Waals surface area contributed by atoms with Crippen molar-refractivity contribution in [1.29, 1.82) is 0 Å². The third-order valence-electron chi connectivity index (χ3n) is 5.45. The van der Waals surface area contributed by atoms with E-state index < -0.39 is 0 Å². The van der Waals surface area contributed by atoms with Gasteiger partial charge in [-0.05, 0) is 41.2 Å². The molecule has 0 saturated heterocycles. The second kappa shape index (κ2) is 5.63. The van der Waals surface area contributed by atoms with Crippen molar-refractivity contribution < 1.29 is 0 Å². The molecule has 2 rings (SSSR count). The van der Waals surface area contributed by atoms with Gasteiger partial charge < -0.3 is 5.32 Å². The maximum absolute atomic E-state index is 3.64. The van der Waals surface area contributed by atoms with Gasteiger partial charge >= 0.3 is 0 Å². The molecule has 1 aliphatic rings. The molecule has 0 saturated carbocycles. The van der Waals surface area contributed by atoms with Gasteiger partial charge in [0.25, 0.3) is 0 Å². The van der Waals surface area contributed by atoms with Crippen LogP contribution in [0.15, 0.2) is 17.0 Å². The van der Waals surface area contributed by atoms with Crippen LogP contribution in [0.25, 0.3) is 0 Å². The Morgan fingerprint density at radius 1 is 1.00 bits per heavy atom. The van der Waals surface area contributed by atoms with E-state index in [2.05, 4.69) is 59.0 Å². The average molecular weight is 292 g/mol. The predicted octanol–water partition coefficient (Wildman–Crippen LogP) is 5.93. The number of fused-ring (bicyclic) bond motifs is 1. The monoisotopic (exact) mass is 291 g/mol. The Labute approximate surface area is 128 Å². The van der Waals surface area contributed by atoms with E-state index in [0.29, 0.717) is 0 Å². The molecule has 0 atom stereocenters. The smallest absolute Gasteiger partial charge is 0.0658 e. The maximum atomic E-state index is 3.64. The minimum absolute atomic E-state index is 0.260. The van der Waals surface area contributed by atoms with Crippen LogP contribution < -0.4 is 5.32 Å². The normalized spacial score (nSPS) is 15.1. The van der Waals surface area contributed by atoms with Crippen molar-refractivity contribution in [3.63, 3.8) is 0 Å². The highest BCUT2D eigenvalue weighted by molar-refractivity contribution is 8.00. The molecule has 1 aromatic carbocycles. The molecule has 0 unspecified atom stereocenters. The molecule has 0 aromatic heterocycles. The highest BCUT2D eigenvalue weighted by Gasteiger charge is 2.32. The number of hydrogen-bond acceptors (Lipinski definition) is 2. The third kappa shape index (κ3) is 2.47. The Bertz CT molecular complexity index is 486. The third-order valence-corrected chi connectivity index (χ3v) is 6.45. The van der Waals surface area contributed by atoms with Crippen molar-refractivity contribution in [1.82, 2.24) is 0 Å². The summed E-state index contributed by atoms with van der Waals surface area (Å²) in [6, 6.07) is 4.78. The summed E-state index contributed by atoms with van der Waals surface area (Å²) in [5, 5.41) is 3.64. The first-order chi connectivity index (χ1) is 9.39. The molecule has 112 valence electrons. The number of thioether (sulfide) groups is 1. The van der Waals surface area contributed by atoms with Crippen LogP contribution in [0.3, 0.4) is 0 Å². The van der Waals surface area contributed by atoms with Crippen LogP contribution in [0.2, 0.25) is 0 Å². The zero-order valence-corrected chi connectivity index (χ0v) is 14.7. The minimum Gasteiger partial charge on any atom is -0.375 e. The number of nitrogens with one attached hydrogen (secondary N) is 1. The molecular formula is C18H29NS. The molecular weight excluding hydrogens is 262 g/mol. The SMILES string of the molecule is CCC(C)(C)c1ccc(C(C)(CC)CC)c2c1SCN2.